The van der Waals surface area contributed by atoms with E-state index in [-0.39, 0.29) is 36.4 Å². The smallest absolute Gasteiger partial charge is 0.357 e. The average molecular weight is 550 g/mol. The molecule has 2 aromatic rings. The first-order chi connectivity index (χ1) is 14.3. The molecule has 2 heterocycles. The van der Waals surface area contributed by atoms with E-state index >= 15 is 0 Å². The molecule has 1 aliphatic rings. The third-order valence-electron chi connectivity index (χ3n) is 4.80. The van der Waals surface area contributed by atoms with Gasteiger partial charge in [0.25, 0.3) is 0 Å². The SMILES string of the molecule is CCNC(=NCCc1ccc(C(F)(F)F)cc1)N1CCN(c2cnn(C)c2)C(=O)C1.I. The highest BCUT2D eigenvalue weighted by Crippen LogP contribution is 2.29. The highest BCUT2D eigenvalue weighted by Gasteiger charge is 2.30. The van der Waals surface area contributed by atoms with Crippen molar-refractivity contribution in [3.8, 4) is 0 Å². The Morgan fingerprint density at radius 2 is 1.94 bits per heavy atom. The molecule has 0 atom stereocenters. The molecule has 3 rings (SSSR count). The Morgan fingerprint density at radius 3 is 2.48 bits per heavy atom. The molecule has 31 heavy (non-hydrogen) atoms. The zero-order chi connectivity index (χ0) is 21.7. The van der Waals surface area contributed by atoms with Crippen molar-refractivity contribution in [1.29, 1.82) is 0 Å². The van der Waals surface area contributed by atoms with Crippen molar-refractivity contribution in [2.45, 2.75) is 19.5 Å². The number of guanidine groups is 1. The fourth-order valence-corrected chi connectivity index (χ4v) is 3.25. The van der Waals surface area contributed by atoms with Crippen molar-refractivity contribution < 1.29 is 18.0 Å². The third kappa shape index (κ3) is 6.58. The number of amides is 1. The zero-order valence-electron chi connectivity index (χ0n) is 17.4. The van der Waals surface area contributed by atoms with E-state index in [2.05, 4.69) is 15.4 Å². The number of hydrogen-bond acceptors (Lipinski definition) is 3. The van der Waals surface area contributed by atoms with Crippen LogP contribution in [0.25, 0.3) is 0 Å². The van der Waals surface area contributed by atoms with Crippen LogP contribution < -0.4 is 10.2 Å². The van der Waals surface area contributed by atoms with E-state index in [1.165, 1.54) is 12.1 Å². The summed E-state index contributed by atoms with van der Waals surface area (Å²) in [5.41, 5.74) is 0.888. The van der Waals surface area contributed by atoms with E-state index in [9.17, 15) is 18.0 Å². The standard InChI is InChI=1S/C20H25F3N6O.HI/c1-3-24-19(25-9-8-15-4-6-16(7-5-15)20(21,22)23)28-10-11-29(18(30)14-28)17-12-26-27(2)13-17;/h4-7,12-13H,3,8-11,14H2,1-2H3,(H,24,25);1H. The van der Waals surface area contributed by atoms with Gasteiger partial charge in [0.15, 0.2) is 5.96 Å². The van der Waals surface area contributed by atoms with Crippen LogP contribution in [0.15, 0.2) is 41.7 Å². The Labute approximate surface area is 196 Å². The summed E-state index contributed by atoms with van der Waals surface area (Å²) in [4.78, 5) is 20.8. The summed E-state index contributed by atoms with van der Waals surface area (Å²) < 4.78 is 39.7. The van der Waals surface area contributed by atoms with E-state index in [4.69, 9.17) is 0 Å². The number of halogens is 4. The maximum absolute atomic E-state index is 12.7. The molecule has 7 nitrogen and oxygen atoms in total. The van der Waals surface area contributed by atoms with Gasteiger partial charge in [0.1, 0.15) is 6.54 Å². The van der Waals surface area contributed by atoms with E-state index < -0.39 is 11.7 Å². The Bertz CT molecular complexity index is 897. The normalized spacial score (nSPS) is 15.1. The molecule has 1 saturated heterocycles. The summed E-state index contributed by atoms with van der Waals surface area (Å²) in [5.74, 6) is 0.589. The molecule has 0 unspecified atom stereocenters. The molecule has 1 aliphatic heterocycles. The lowest BCUT2D eigenvalue weighted by atomic mass is 10.1. The maximum Gasteiger partial charge on any atom is 0.416 e. The topological polar surface area (TPSA) is 65.8 Å². The number of alkyl halides is 3. The fraction of sp³-hybridized carbons (Fsp3) is 0.450. The van der Waals surface area contributed by atoms with Gasteiger partial charge in [-0.2, -0.15) is 18.3 Å². The van der Waals surface area contributed by atoms with Crippen molar-refractivity contribution in [1.82, 2.24) is 20.0 Å². The van der Waals surface area contributed by atoms with Crippen molar-refractivity contribution in [3.05, 3.63) is 47.8 Å². The molecule has 0 radical (unpaired) electrons. The molecule has 1 aromatic carbocycles. The summed E-state index contributed by atoms with van der Waals surface area (Å²) in [5, 5.41) is 7.30. The maximum atomic E-state index is 12.7. The van der Waals surface area contributed by atoms with Crippen LogP contribution in [0.5, 0.6) is 0 Å². The monoisotopic (exact) mass is 550 g/mol. The van der Waals surface area contributed by atoms with Crippen LogP contribution in [0, 0.1) is 0 Å². The number of aryl methyl sites for hydroxylation is 1. The Hall–Kier alpha value is -2.31. The molecule has 1 fully saturated rings. The number of hydrogen-bond donors (Lipinski definition) is 1. The van der Waals surface area contributed by atoms with Crippen LogP contribution in [-0.2, 0) is 24.4 Å². The fourth-order valence-electron chi connectivity index (χ4n) is 3.25. The zero-order valence-corrected chi connectivity index (χ0v) is 19.7. The van der Waals surface area contributed by atoms with Crippen LogP contribution in [0.1, 0.15) is 18.1 Å². The molecule has 170 valence electrons. The first-order valence-corrected chi connectivity index (χ1v) is 9.76. The number of aromatic nitrogens is 2. The quantitative estimate of drug-likeness (QED) is 0.354. The molecule has 11 heteroatoms. The first kappa shape index (κ1) is 25.0. The van der Waals surface area contributed by atoms with Crippen molar-refractivity contribution in [2.24, 2.45) is 12.0 Å². The largest absolute Gasteiger partial charge is 0.416 e. The van der Waals surface area contributed by atoms with Gasteiger partial charge in [0.05, 0.1) is 17.4 Å². The van der Waals surface area contributed by atoms with Gasteiger partial charge >= 0.3 is 6.18 Å². The molecule has 0 aliphatic carbocycles. The number of carbonyl (C=O) groups is 1. The number of benzene rings is 1. The highest BCUT2D eigenvalue weighted by molar-refractivity contribution is 14.0. The van der Waals surface area contributed by atoms with E-state index in [1.54, 1.807) is 29.0 Å². The number of rotatable bonds is 5. The van der Waals surface area contributed by atoms with Gasteiger partial charge in [-0.3, -0.25) is 14.5 Å². The predicted octanol–water partition coefficient (Wildman–Crippen LogP) is 2.91. The summed E-state index contributed by atoms with van der Waals surface area (Å²) in [6.45, 7) is 4.33. The van der Waals surface area contributed by atoms with Crippen LogP contribution in [0.2, 0.25) is 0 Å². The Morgan fingerprint density at radius 1 is 1.23 bits per heavy atom. The van der Waals surface area contributed by atoms with Crippen LogP contribution >= 0.6 is 24.0 Å². The molecule has 0 bridgehead atoms. The average Bonchev–Trinajstić information content (AvgIpc) is 3.13. The first-order valence-electron chi connectivity index (χ1n) is 9.76. The van der Waals surface area contributed by atoms with E-state index in [1.807, 2.05) is 11.8 Å². The number of piperazine rings is 1. The summed E-state index contributed by atoms with van der Waals surface area (Å²) >= 11 is 0. The van der Waals surface area contributed by atoms with Gasteiger partial charge in [0.2, 0.25) is 5.91 Å². The molecule has 0 saturated carbocycles. The van der Waals surface area contributed by atoms with E-state index in [0.717, 1.165) is 23.4 Å². The molecule has 1 aromatic heterocycles. The minimum Gasteiger partial charge on any atom is -0.357 e. The molecular formula is C20H26F3IN6O. The number of aliphatic imine (C=N–C) groups is 1. The van der Waals surface area contributed by atoms with Crippen LogP contribution in [-0.4, -0.2) is 59.3 Å². The molecule has 0 spiro atoms. The lowest BCUT2D eigenvalue weighted by Gasteiger charge is -2.35. The van der Waals surface area contributed by atoms with Gasteiger partial charge < -0.3 is 15.1 Å². The van der Waals surface area contributed by atoms with Gasteiger partial charge in [-0.05, 0) is 31.0 Å². The number of nitrogens with one attached hydrogen (secondary N) is 1. The molecular weight excluding hydrogens is 524 g/mol. The Kier molecular flexibility index (Phi) is 8.71. The van der Waals surface area contributed by atoms with E-state index in [0.29, 0.717) is 38.6 Å². The summed E-state index contributed by atoms with van der Waals surface area (Å²) in [6.07, 6.45) is -0.357. The third-order valence-corrected chi connectivity index (χ3v) is 4.80. The van der Waals surface area contributed by atoms with Gasteiger partial charge in [-0.1, -0.05) is 12.1 Å². The van der Waals surface area contributed by atoms with Crippen LogP contribution in [0.4, 0.5) is 18.9 Å². The minimum atomic E-state index is -4.33. The van der Waals surface area contributed by atoms with Crippen LogP contribution in [0.3, 0.4) is 0 Å². The molecule has 1 amide bonds. The van der Waals surface area contributed by atoms with Crippen molar-refractivity contribution in [2.75, 3.05) is 37.6 Å². The number of carbonyl (C=O) groups excluding carboxylic acids is 1. The van der Waals surface area contributed by atoms with Gasteiger partial charge in [0, 0.05) is 39.4 Å². The highest BCUT2D eigenvalue weighted by atomic mass is 127. The second kappa shape index (κ2) is 10.8. The lowest BCUT2D eigenvalue weighted by molar-refractivity contribution is -0.137. The lowest BCUT2D eigenvalue weighted by Crippen LogP contribution is -2.55. The summed E-state index contributed by atoms with van der Waals surface area (Å²) in [7, 11) is 1.80. The minimum absolute atomic E-state index is 0. The second-order valence-electron chi connectivity index (χ2n) is 7.02. The predicted molar refractivity (Wildman–Crippen MR) is 124 cm³/mol. The summed E-state index contributed by atoms with van der Waals surface area (Å²) in [6, 6.07) is 5.12. The number of nitrogens with zero attached hydrogens (tertiary/aromatic N) is 5. The Balaban J connectivity index is 0.00000341. The molecule has 1 N–H and O–H groups in total. The van der Waals surface area contributed by atoms with Crippen molar-refractivity contribution in [3.63, 3.8) is 0 Å². The van der Waals surface area contributed by atoms with Gasteiger partial charge in [-0.15, -0.1) is 24.0 Å². The van der Waals surface area contributed by atoms with Gasteiger partial charge in [-0.25, -0.2) is 0 Å². The van der Waals surface area contributed by atoms with Crippen molar-refractivity contribution >= 4 is 41.5 Å². The second-order valence-corrected chi connectivity index (χ2v) is 7.02. The number of anilines is 1.